The van der Waals surface area contributed by atoms with E-state index >= 15 is 0 Å². The maximum Gasteiger partial charge on any atom is 0.165 e. The molecule has 0 bridgehead atoms. The fourth-order valence-corrected chi connectivity index (χ4v) is 1.28. The Morgan fingerprint density at radius 3 is 2.60 bits per heavy atom. The Bertz CT molecular complexity index is 329. The normalized spacial score (nSPS) is 14.7. The van der Waals surface area contributed by atoms with Crippen molar-refractivity contribution in [2.75, 3.05) is 13.7 Å². The van der Waals surface area contributed by atoms with Gasteiger partial charge in [-0.1, -0.05) is 12.1 Å². The fraction of sp³-hybridized carbons (Fsp3) is 0.400. The summed E-state index contributed by atoms with van der Waals surface area (Å²) < 4.78 is 18.0. The predicted molar refractivity (Wildman–Crippen MR) is 51.0 cm³/mol. The van der Waals surface area contributed by atoms with Gasteiger partial charge in [0.15, 0.2) is 11.6 Å². The molecule has 0 radical (unpaired) electrons. The highest BCUT2D eigenvalue weighted by Crippen LogP contribution is 2.29. The van der Waals surface area contributed by atoms with Crippen LogP contribution in [0.1, 0.15) is 11.7 Å². The van der Waals surface area contributed by atoms with E-state index in [9.17, 15) is 14.6 Å². The molecule has 0 aromatic heterocycles. The van der Waals surface area contributed by atoms with Gasteiger partial charge in [-0.15, -0.1) is 0 Å². The van der Waals surface area contributed by atoms with Crippen LogP contribution in [0, 0.1) is 5.82 Å². The first-order valence-electron chi connectivity index (χ1n) is 4.41. The number of benzene rings is 1. The lowest BCUT2D eigenvalue weighted by Gasteiger charge is -2.18. The summed E-state index contributed by atoms with van der Waals surface area (Å²) in [6.45, 7) is -0.610. The maximum atomic E-state index is 13.2. The van der Waals surface area contributed by atoms with Gasteiger partial charge in [0, 0.05) is 5.56 Å². The van der Waals surface area contributed by atoms with Crippen LogP contribution in [-0.2, 0) is 0 Å². The van der Waals surface area contributed by atoms with Crippen molar-refractivity contribution >= 4 is 0 Å². The molecule has 0 saturated carbocycles. The third-order valence-corrected chi connectivity index (χ3v) is 2.07. The van der Waals surface area contributed by atoms with Crippen molar-refractivity contribution in [1.82, 2.24) is 0 Å². The second kappa shape index (κ2) is 5.06. The van der Waals surface area contributed by atoms with Crippen molar-refractivity contribution in [2.24, 2.45) is 0 Å². The van der Waals surface area contributed by atoms with E-state index in [4.69, 9.17) is 9.84 Å². The molecular weight excluding hydrogens is 203 g/mol. The van der Waals surface area contributed by atoms with E-state index in [-0.39, 0.29) is 11.3 Å². The lowest BCUT2D eigenvalue weighted by atomic mass is 10.0. The van der Waals surface area contributed by atoms with Crippen LogP contribution < -0.4 is 4.74 Å². The van der Waals surface area contributed by atoms with E-state index in [1.165, 1.54) is 25.3 Å². The van der Waals surface area contributed by atoms with E-state index < -0.39 is 24.6 Å². The summed E-state index contributed by atoms with van der Waals surface area (Å²) in [5, 5.41) is 27.4. The van der Waals surface area contributed by atoms with E-state index in [1.54, 1.807) is 0 Å². The topological polar surface area (TPSA) is 69.9 Å². The Labute approximate surface area is 86.6 Å². The zero-order valence-corrected chi connectivity index (χ0v) is 8.22. The lowest BCUT2D eigenvalue weighted by molar-refractivity contribution is -0.0164. The number of methoxy groups -OCH3 is 1. The zero-order valence-electron chi connectivity index (χ0n) is 8.22. The highest BCUT2D eigenvalue weighted by molar-refractivity contribution is 5.37. The number of halogens is 1. The molecule has 0 heterocycles. The highest BCUT2D eigenvalue weighted by Gasteiger charge is 2.22. The molecular formula is C10H13FO4. The van der Waals surface area contributed by atoms with Crippen LogP contribution in [0.15, 0.2) is 18.2 Å². The van der Waals surface area contributed by atoms with Gasteiger partial charge >= 0.3 is 0 Å². The molecule has 2 atom stereocenters. The number of hydrogen-bond donors (Lipinski definition) is 3. The second-order valence-electron chi connectivity index (χ2n) is 3.06. The van der Waals surface area contributed by atoms with Gasteiger partial charge < -0.3 is 20.1 Å². The van der Waals surface area contributed by atoms with Gasteiger partial charge in [-0.05, 0) is 6.07 Å². The van der Waals surface area contributed by atoms with Gasteiger partial charge in [-0.2, -0.15) is 0 Å². The largest absolute Gasteiger partial charge is 0.493 e. The highest BCUT2D eigenvalue weighted by atomic mass is 19.1. The standard InChI is InChI=1S/C10H13FO4/c1-15-10-6(3-2-4-7(10)11)9(14)8(13)5-12/h2-4,8-9,12-14H,5H2,1H3. The summed E-state index contributed by atoms with van der Waals surface area (Å²) in [6, 6.07) is 3.99. The minimum absolute atomic E-state index is 0.110. The minimum Gasteiger partial charge on any atom is -0.493 e. The van der Waals surface area contributed by atoms with E-state index in [2.05, 4.69) is 0 Å². The zero-order chi connectivity index (χ0) is 11.4. The van der Waals surface area contributed by atoms with Crippen LogP contribution >= 0.6 is 0 Å². The molecule has 0 amide bonds. The number of rotatable bonds is 4. The summed E-state index contributed by atoms with van der Waals surface area (Å²) >= 11 is 0. The molecule has 0 fully saturated rings. The molecule has 15 heavy (non-hydrogen) atoms. The molecule has 0 aliphatic rings. The molecule has 0 aliphatic heterocycles. The van der Waals surface area contributed by atoms with Crippen LogP contribution in [0.4, 0.5) is 4.39 Å². The van der Waals surface area contributed by atoms with Crippen molar-refractivity contribution in [3.63, 3.8) is 0 Å². The Morgan fingerprint density at radius 2 is 2.07 bits per heavy atom. The monoisotopic (exact) mass is 216 g/mol. The van der Waals surface area contributed by atoms with Gasteiger partial charge in [-0.25, -0.2) is 4.39 Å². The Kier molecular flexibility index (Phi) is 4.02. The van der Waals surface area contributed by atoms with Crippen LogP contribution in [0.5, 0.6) is 5.75 Å². The summed E-state index contributed by atoms with van der Waals surface area (Å²) in [4.78, 5) is 0. The molecule has 5 heteroatoms. The lowest BCUT2D eigenvalue weighted by Crippen LogP contribution is -2.22. The number of hydrogen-bond acceptors (Lipinski definition) is 4. The van der Waals surface area contributed by atoms with Gasteiger partial charge in [0.05, 0.1) is 13.7 Å². The Morgan fingerprint density at radius 1 is 1.40 bits per heavy atom. The molecule has 84 valence electrons. The molecule has 0 spiro atoms. The summed E-state index contributed by atoms with van der Waals surface area (Å²) in [7, 11) is 1.26. The summed E-state index contributed by atoms with van der Waals surface area (Å²) in [6.07, 6.45) is -2.73. The van der Waals surface area contributed by atoms with Gasteiger partial charge in [-0.3, -0.25) is 0 Å². The van der Waals surface area contributed by atoms with Crippen LogP contribution in [0.3, 0.4) is 0 Å². The summed E-state index contributed by atoms with van der Waals surface area (Å²) in [5.74, 6) is -0.753. The minimum atomic E-state index is -1.37. The van der Waals surface area contributed by atoms with Crippen molar-refractivity contribution in [2.45, 2.75) is 12.2 Å². The molecule has 1 aromatic carbocycles. The maximum absolute atomic E-state index is 13.2. The van der Waals surface area contributed by atoms with Gasteiger partial charge in [0.25, 0.3) is 0 Å². The average molecular weight is 216 g/mol. The molecule has 0 saturated heterocycles. The number of aliphatic hydroxyl groups is 3. The van der Waals surface area contributed by atoms with E-state index in [0.717, 1.165) is 0 Å². The number of aliphatic hydroxyl groups excluding tert-OH is 3. The first-order chi connectivity index (χ1) is 7.11. The molecule has 2 unspecified atom stereocenters. The Balaban J connectivity index is 3.07. The molecule has 1 rings (SSSR count). The van der Waals surface area contributed by atoms with Crippen molar-refractivity contribution < 1.29 is 24.4 Å². The first kappa shape index (κ1) is 11.9. The second-order valence-corrected chi connectivity index (χ2v) is 3.06. The van der Waals surface area contributed by atoms with Crippen molar-refractivity contribution in [3.8, 4) is 5.75 Å². The predicted octanol–water partition coefficient (Wildman–Crippen LogP) is 0.221. The first-order valence-corrected chi connectivity index (χ1v) is 4.41. The third-order valence-electron chi connectivity index (χ3n) is 2.07. The van der Waals surface area contributed by atoms with E-state index in [1.807, 2.05) is 0 Å². The quantitative estimate of drug-likeness (QED) is 0.673. The number of ether oxygens (including phenoxy) is 1. The summed E-state index contributed by atoms with van der Waals surface area (Å²) in [5.41, 5.74) is 0.110. The van der Waals surface area contributed by atoms with Crippen molar-refractivity contribution in [1.29, 1.82) is 0 Å². The van der Waals surface area contributed by atoms with Gasteiger partial charge in [0.1, 0.15) is 12.2 Å². The molecule has 3 N–H and O–H groups in total. The van der Waals surface area contributed by atoms with Crippen LogP contribution in [0.25, 0.3) is 0 Å². The SMILES string of the molecule is COc1c(F)cccc1C(O)C(O)CO. The van der Waals surface area contributed by atoms with Crippen LogP contribution in [0.2, 0.25) is 0 Å². The molecule has 4 nitrogen and oxygen atoms in total. The number of para-hydroxylation sites is 1. The van der Waals surface area contributed by atoms with Crippen LogP contribution in [-0.4, -0.2) is 35.1 Å². The fourth-order valence-electron chi connectivity index (χ4n) is 1.28. The molecule has 0 aliphatic carbocycles. The van der Waals surface area contributed by atoms with Gasteiger partial charge in [0.2, 0.25) is 0 Å². The third kappa shape index (κ3) is 2.44. The Hall–Kier alpha value is -1.17. The van der Waals surface area contributed by atoms with Crippen molar-refractivity contribution in [3.05, 3.63) is 29.6 Å². The smallest absolute Gasteiger partial charge is 0.165 e. The molecule has 1 aromatic rings. The average Bonchev–Trinajstić information content (AvgIpc) is 2.26. The van der Waals surface area contributed by atoms with E-state index in [0.29, 0.717) is 0 Å².